The molecule has 0 aromatic heterocycles. The first-order chi connectivity index (χ1) is 28.0. The van der Waals surface area contributed by atoms with Crippen molar-refractivity contribution in [3.63, 3.8) is 0 Å². The fraction of sp³-hybridized carbons (Fsp3) is 0.0545. The fourth-order valence-electron chi connectivity index (χ4n) is 9.21. The summed E-state index contributed by atoms with van der Waals surface area (Å²) in [5, 5.41) is 2.34. The Bertz CT molecular complexity index is 3000. The molecule has 11 rings (SSSR count). The van der Waals surface area contributed by atoms with Crippen molar-refractivity contribution in [1.82, 2.24) is 0 Å². The average molecular weight is 730 g/mol. The third kappa shape index (κ3) is 5.40. The Morgan fingerprint density at radius 1 is 0.351 bits per heavy atom. The van der Waals surface area contributed by atoms with Gasteiger partial charge in [-0.15, -0.1) is 0 Å². The predicted molar refractivity (Wildman–Crippen MR) is 238 cm³/mol. The smallest absolute Gasteiger partial charge is 0.137 e. The van der Waals surface area contributed by atoms with Crippen molar-refractivity contribution >= 4 is 27.8 Å². The van der Waals surface area contributed by atoms with Crippen molar-refractivity contribution < 1.29 is 4.74 Å². The highest BCUT2D eigenvalue weighted by Gasteiger charge is 2.36. The molecule has 2 aliphatic rings. The first-order valence-corrected chi connectivity index (χ1v) is 19.8. The second-order valence-corrected chi connectivity index (χ2v) is 15.7. The Labute approximate surface area is 333 Å². The second-order valence-electron chi connectivity index (χ2n) is 15.7. The Balaban J connectivity index is 1.13. The summed E-state index contributed by atoms with van der Waals surface area (Å²) in [6.45, 7) is 4.69. The fourth-order valence-corrected chi connectivity index (χ4v) is 9.21. The first-order valence-electron chi connectivity index (χ1n) is 19.8. The van der Waals surface area contributed by atoms with Crippen molar-refractivity contribution in [2.24, 2.45) is 0 Å². The summed E-state index contributed by atoms with van der Waals surface area (Å²) in [6, 6.07) is 72.5. The van der Waals surface area contributed by atoms with Crippen molar-refractivity contribution in [1.29, 1.82) is 0 Å². The van der Waals surface area contributed by atoms with E-state index in [2.05, 4.69) is 219 Å². The van der Waals surface area contributed by atoms with Crippen LogP contribution in [0.4, 0.5) is 17.1 Å². The van der Waals surface area contributed by atoms with Crippen LogP contribution in [0.15, 0.2) is 200 Å². The Morgan fingerprint density at radius 3 is 1.67 bits per heavy atom. The molecule has 0 atom stereocenters. The molecule has 0 radical (unpaired) electrons. The van der Waals surface area contributed by atoms with Crippen molar-refractivity contribution in [3.05, 3.63) is 211 Å². The molecule has 2 heteroatoms. The number of nitrogens with zero attached hydrogens (tertiary/aromatic N) is 1. The zero-order valence-electron chi connectivity index (χ0n) is 31.9. The number of fused-ring (bicyclic) bond motifs is 9. The van der Waals surface area contributed by atoms with Crippen LogP contribution in [-0.2, 0) is 5.41 Å². The van der Waals surface area contributed by atoms with E-state index in [1.165, 1.54) is 55.5 Å². The van der Waals surface area contributed by atoms with Gasteiger partial charge in [0.25, 0.3) is 0 Å². The van der Waals surface area contributed by atoms with E-state index >= 15 is 0 Å². The Hall–Kier alpha value is -7.16. The molecule has 0 amide bonds. The summed E-state index contributed by atoms with van der Waals surface area (Å²) >= 11 is 0. The zero-order valence-corrected chi connectivity index (χ0v) is 31.9. The van der Waals surface area contributed by atoms with Crippen LogP contribution in [0, 0.1) is 0 Å². The maximum absolute atomic E-state index is 7.15. The summed E-state index contributed by atoms with van der Waals surface area (Å²) in [4.78, 5) is 2.38. The van der Waals surface area contributed by atoms with Crippen molar-refractivity contribution in [3.8, 4) is 67.1 Å². The summed E-state index contributed by atoms with van der Waals surface area (Å²) in [5.74, 6) is 1.68. The van der Waals surface area contributed by atoms with Crippen molar-refractivity contribution in [2.45, 2.75) is 19.3 Å². The molecule has 0 unspecified atom stereocenters. The van der Waals surface area contributed by atoms with Crippen LogP contribution < -0.4 is 9.64 Å². The molecule has 0 saturated carbocycles. The maximum Gasteiger partial charge on any atom is 0.137 e. The molecule has 9 aromatic carbocycles. The van der Waals surface area contributed by atoms with E-state index in [0.29, 0.717) is 0 Å². The van der Waals surface area contributed by atoms with E-state index < -0.39 is 0 Å². The quantitative estimate of drug-likeness (QED) is 0.175. The number of anilines is 3. The van der Waals surface area contributed by atoms with Gasteiger partial charge in [0.05, 0.1) is 0 Å². The Kier molecular flexibility index (Phi) is 7.55. The van der Waals surface area contributed by atoms with Crippen LogP contribution in [0.1, 0.15) is 25.0 Å². The standard InChI is InChI=1S/C55H39NO/c1-55(2)50-23-12-11-20-45(50)46-30-28-42(34-51(46)55)56(41-26-24-37(25-27-41)36-14-5-3-6-15-36)43-29-31-48-53(35-43)57-52-33-40-19-10-9-18-39(40)32-49(52)47-22-13-21-44(54(47)48)38-16-7-4-8-17-38/h3-35H,1-2H3. The molecular formula is C55H39NO. The number of ether oxygens (including phenoxy) is 1. The molecule has 1 heterocycles. The van der Waals surface area contributed by atoms with Gasteiger partial charge in [-0.2, -0.15) is 0 Å². The Morgan fingerprint density at radius 2 is 0.895 bits per heavy atom. The van der Waals surface area contributed by atoms with Gasteiger partial charge in [-0.05, 0) is 109 Å². The predicted octanol–water partition coefficient (Wildman–Crippen LogP) is 15.4. The summed E-state index contributed by atoms with van der Waals surface area (Å²) in [7, 11) is 0. The van der Waals surface area contributed by atoms with E-state index in [0.717, 1.165) is 50.6 Å². The lowest BCUT2D eigenvalue weighted by Gasteiger charge is -2.29. The minimum absolute atomic E-state index is 0.133. The topological polar surface area (TPSA) is 12.5 Å². The van der Waals surface area contributed by atoms with Gasteiger partial charge in [0, 0.05) is 45.2 Å². The third-order valence-electron chi connectivity index (χ3n) is 12.1. The number of hydrogen-bond acceptors (Lipinski definition) is 2. The molecule has 0 bridgehead atoms. The molecule has 9 aromatic rings. The largest absolute Gasteiger partial charge is 0.456 e. The number of rotatable bonds is 5. The summed E-state index contributed by atoms with van der Waals surface area (Å²) in [6.07, 6.45) is 0. The molecule has 2 nitrogen and oxygen atoms in total. The zero-order chi connectivity index (χ0) is 38.1. The van der Waals surface area contributed by atoms with E-state index in [-0.39, 0.29) is 5.41 Å². The van der Waals surface area contributed by atoms with Gasteiger partial charge in [-0.3, -0.25) is 0 Å². The van der Waals surface area contributed by atoms with E-state index in [1.54, 1.807) is 0 Å². The molecule has 1 aliphatic heterocycles. The van der Waals surface area contributed by atoms with Crippen LogP contribution in [-0.4, -0.2) is 0 Å². The van der Waals surface area contributed by atoms with Gasteiger partial charge in [0.2, 0.25) is 0 Å². The maximum atomic E-state index is 7.15. The molecule has 270 valence electrons. The lowest BCUT2D eigenvalue weighted by molar-refractivity contribution is 0.488. The first kappa shape index (κ1) is 33.2. The van der Waals surface area contributed by atoms with Gasteiger partial charge in [-0.1, -0.05) is 159 Å². The summed E-state index contributed by atoms with van der Waals surface area (Å²) < 4.78 is 7.15. The van der Waals surface area contributed by atoms with Crippen LogP contribution in [0.3, 0.4) is 0 Å². The monoisotopic (exact) mass is 729 g/mol. The van der Waals surface area contributed by atoms with Gasteiger partial charge in [0.15, 0.2) is 0 Å². The van der Waals surface area contributed by atoms with Crippen LogP contribution in [0.2, 0.25) is 0 Å². The van der Waals surface area contributed by atoms with Gasteiger partial charge in [0.1, 0.15) is 11.5 Å². The number of benzene rings is 9. The molecule has 57 heavy (non-hydrogen) atoms. The molecule has 0 fully saturated rings. The summed E-state index contributed by atoms with van der Waals surface area (Å²) in [5.41, 5.74) is 17.6. The van der Waals surface area contributed by atoms with Gasteiger partial charge >= 0.3 is 0 Å². The average Bonchev–Trinajstić information content (AvgIpc) is 3.40. The second kappa shape index (κ2) is 13.0. The molecule has 0 saturated heterocycles. The van der Waals surface area contributed by atoms with Crippen LogP contribution >= 0.6 is 0 Å². The number of hydrogen-bond donors (Lipinski definition) is 0. The lowest BCUT2D eigenvalue weighted by atomic mass is 9.82. The highest BCUT2D eigenvalue weighted by Crippen LogP contribution is 2.54. The molecule has 1 aliphatic carbocycles. The molecular weight excluding hydrogens is 691 g/mol. The van der Waals surface area contributed by atoms with Gasteiger partial charge < -0.3 is 9.64 Å². The van der Waals surface area contributed by atoms with E-state index in [4.69, 9.17) is 4.74 Å². The SMILES string of the molecule is CC1(C)c2ccccc2-c2ccc(N(c3ccc(-c4ccccc4)cc3)c3ccc4c(c3)Oc3cc5ccccc5cc3-c3cccc(-c5ccccc5)c3-4)cc21. The minimum atomic E-state index is -0.133. The van der Waals surface area contributed by atoms with Crippen molar-refractivity contribution in [2.75, 3.05) is 4.90 Å². The molecule has 0 N–H and O–H groups in total. The van der Waals surface area contributed by atoms with Crippen LogP contribution in [0.5, 0.6) is 11.5 Å². The minimum Gasteiger partial charge on any atom is -0.456 e. The molecule has 0 spiro atoms. The van der Waals surface area contributed by atoms with Crippen LogP contribution in [0.25, 0.3) is 66.4 Å². The normalized spacial score (nSPS) is 13.0. The third-order valence-corrected chi connectivity index (χ3v) is 12.1. The highest BCUT2D eigenvalue weighted by molar-refractivity contribution is 6.02. The lowest BCUT2D eigenvalue weighted by Crippen LogP contribution is -2.16. The highest BCUT2D eigenvalue weighted by atomic mass is 16.5. The van der Waals surface area contributed by atoms with E-state index in [1.807, 2.05) is 0 Å². The van der Waals surface area contributed by atoms with Gasteiger partial charge in [-0.25, -0.2) is 0 Å². The van der Waals surface area contributed by atoms with E-state index in [9.17, 15) is 0 Å².